The third kappa shape index (κ3) is 6.18. The van der Waals surface area contributed by atoms with Gasteiger partial charge < -0.3 is 21.3 Å². The van der Waals surface area contributed by atoms with Crippen LogP contribution in [0.1, 0.15) is 27.0 Å². The fourth-order valence-corrected chi connectivity index (χ4v) is 2.93. The second kappa shape index (κ2) is 10.2. The van der Waals surface area contributed by atoms with Gasteiger partial charge >= 0.3 is 0 Å². The molecule has 2 amide bonds. The molecule has 1 saturated heterocycles. The van der Waals surface area contributed by atoms with E-state index in [4.69, 9.17) is 5.73 Å². The van der Waals surface area contributed by atoms with E-state index in [1.165, 1.54) is 11.1 Å². The van der Waals surface area contributed by atoms with Crippen LogP contribution in [0.25, 0.3) is 0 Å². The Morgan fingerprint density at radius 3 is 2.55 bits per heavy atom. The quantitative estimate of drug-likeness (QED) is 0.336. The molecule has 0 saturated carbocycles. The second-order valence-corrected chi connectivity index (χ2v) is 6.90. The summed E-state index contributed by atoms with van der Waals surface area (Å²) in [7, 11) is 0. The number of carbonyl (C=O) groups is 2. The maximum absolute atomic E-state index is 12.5. The van der Waals surface area contributed by atoms with Crippen molar-refractivity contribution in [3.05, 3.63) is 64.7 Å². The Bertz CT molecular complexity index is 912. The monoisotopic (exact) mass is 507 g/mol. The fraction of sp³-hybridized carbons (Fsp3) is 0.286. The van der Waals surface area contributed by atoms with Gasteiger partial charge in [-0.2, -0.15) is 0 Å². The summed E-state index contributed by atoms with van der Waals surface area (Å²) in [5.41, 5.74) is 10.8. The summed E-state index contributed by atoms with van der Waals surface area (Å²) < 4.78 is 0. The average Bonchev–Trinajstić information content (AvgIpc) is 2.69. The molecule has 2 aromatic carbocycles. The molecule has 29 heavy (non-hydrogen) atoms. The highest BCUT2D eigenvalue weighted by molar-refractivity contribution is 14.0. The first-order chi connectivity index (χ1) is 13.4. The minimum absolute atomic E-state index is 0. The van der Waals surface area contributed by atoms with E-state index in [-0.39, 0.29) is 42.3 Å². The lowest BCUT2D eigenvalue weighted by Crippen LogP contribution is -2.49. The molecule has 8 heteroatoms. The first-order valence-corrected chi connectivity index (χ1v) is 9.21. The zero-order chi connectivity index (χ0) is 20.1. The van der Waals surface area contributed by atoms with Crippen LogP contribution in [-0.2, 0) is 11.3 Å². The van der Waals surface area contributed by atoms with Crippen molar-refractivity contribution in [3.8, 4) is 0 Å². The van der Waals surface area contributed by atoms with E-state index in [2.05, 4.69) is 22.5 Å². The Balaban J connectivity index is 0.00000300. The number of hydrogen-bond donors (Lipinski definition) is 3. The maximum atomic E-state index is 12.5. The fourth-order valence-electron chi connectivity index (χ4n) is 2.93. The van der Waals surface area contributed by atoms with E-state index in [0.717, 1.165) is 11.3 Å². The van der Waals surface area contributed by atoms with Crippen LogP contribution in [0.4, 0.5) is 5.69 Å². The molecule has 1 fully saturated rings. The standard InChI is InChI=1S/C21H25N5O2.HI/c1-14-3-8-18(11-15(14)2)25-21(22)24-12-16-4-6-17(7-5-16)20(28)26-10-9-23-19(27)13-26;/h3-8,11H,9-10,12-13H2,1-2H3,(H,23,27)(H3,22,24,25);1H. The number of aryl methyl sites for hydroxylation is 2. The third-order valence-electron chi connectivity index (χ3n) is 4.74. The number of amides is 2. The van der Waals surface area contributed by atoms with E-state index in [1.54, 1.807) is 17.0 Å². The molecule has 0 spiro atoms. The summed E-state index contributed by atoms with van der Waals surface area (Å²) in [5, 5.41) is 5.80. The van der Waals surface area contributed by atoms with Crippen molar-refractivity contribution < 1.29 is 9.59 Å². The molecule has 4 N–H and O–H groups in total. The molecule has 154 valence electrons. The summed E-state index contributed by atoms with van der Waals surface area (Å²) >= 11 is 0. The molecule has 0 unspecified atom stereocenters. The molecule has 0 aromatic heterocycles. The minimum Gasteiger partial charge on any atom is -0.370 e. The van der Waals surface area contributed by atoms with Crippen molar-refractivity contribution in [3.63, 3.8) is 0 Å². The van der Waals surface area contributed by atoms with Crippen molar-refractivity contribution in [1.29, 1.82) is 0 Å². The number of aliphatic imine (C=N–C) groups is 1. The molecule has 1 aliphatic heterocycles. The molecular formula is C21H26IN5O2. The molecule has 0 bridgehead atoms. The van der Waals surface area contributed by atoms with Gasteiger partial charge in [0, 0.05) is 24.3 Å². The minimum atomic E-state index is -0.138. The molecule has 7 nitrogen and oxygen atoms in total. The largest absolute Gasteiger partial charge is 0.370 e. The van der Waals surface area contributed by atoms with Gasteiger partial charge in [0.05, 0.1) is 13.1 Å². The van der Waals surface area contributed by atoms with E-state index >= 15 is 0 Å². The Morgan fingerprint density at radius 2 is 1.90 bits per heavy atom. The topological polar surface area (TPSA) is 99.8 Å². The molecular weight excluding hydrogens is 481 g/mol. The van der Waals surface area contributed by atoms with Gasteiger partial charge in [0.15, 0.2) is 5.96 Å². The van der Waals surface area contributed by atoms with Gasteiger partial charge in [0.25, 0.3) is 5.91 Å². The van der Waals surface area contributed by atoms with Crippen LogP contribution in [0, 0.1) is 13.8 Å². The van der Waals surface area contributed by atoms with Crippen LogP contribution >= 0.6 is 24.0 Å². The summed E-state index contributed by atoms with van der Waals surface area (Å²) in [6, 6.07) is 13.2. The number of rotatable bonds is 4. The van der Waals surface area contributed by atoms with Gasteiger partial charge in [-0.1, -0.05) is 18.2 Å². The molecule has 0 aliphatic carbocycles. The number of benzene rings is 2. The van der Waals surface area contributed by atoms with Gasteiger partial charge in [-0.25, -0.2) is 4.99 Å². The van der Waals surface area contributed by atoms with Gasteiger partial charge in [0.2, 0.25) is 5.91 Å². The Morgan fingerprint density at radius 1 is 1.17 bits per heavy atom. The lowest BCUT2D eigenvalue weighted by atomic mass is 10.1. The van der Waals surface area contributed by atoms with Crippen LogP contribution in [0.5, 0.6) is 0 Å². The van der Waals surface area contributed by atoms with Gasteiger partial charge in [-0.15, -0.1) is 24.0 Å². The van der Waals surface area contributed by atoms with Crippen LogP contribution in [0.3, 0.4) is 0 Å². The number of guanidine groups is 1. The lowest BCUT2D eigenvalue weighted by molar-refractivity contribution is -0.123. The number of nitrogens with one attached hydrogen (secondary N) is 2. The van der Waals surface area contributed by atoms with Crippen LogP contribution in [-0.4, -0.2) is 42.3 Å². The lowest BCUT2D eigenvalue weighted by Gasteiger charge is -2.26. The summed E-state index contributed by atoms with van der Waals surface area (Å²) in [6.07, 6.45) is 0. The van der Waals surface area contributed by atoms with Crippen molar-refractivity contribution in [2.45, 2.75) is 20.4 Å². The van der Waals surface area contributed by atoms with Crippen molar-refractivity contribution in [2.24, 2.45) is 10.7 Å². The van der Waals surface area contributed by atoms with E-state index in [1.807, 2.05) is 37.3 Å². The van der Waals surface area contributed by atoms with Gasteiger partial charge in [-0.05, 0) is 54.8 Å². The average molecular weight is 507 g/mol. The van der Waals surface area contributed by atoms with E-state index in [9.17, 15) is 9.59 Å². The first-order valence-electron chi connectivity index (χ1n) is 9.21. The van der Waals surface area contributed by atoms with Crippen molar-refractivity contribution in [1.82, 2.24) is 10.2 Å². The third-order valence-corrected chi connectivity index (χ3v) is 4.74. The van der Waals surface area contributed by atoms with Gasteiger partial charge in [0.1, 0.15) is 0 Å². The Labute approximate surface area is 187 Å². The van der Waals surface area contributed by atoms with E-state index < -0.39 is 0 Å². The number of carbonyl (C=O) groups excluding carboxylic acids is 2. The zero-order valence-electron chi connectivity index (χ0n) is 16.6. The summed E-state index contributed by atoms with van der Waals surface area (Å²) in [6.45, 7) is 5.63. The first kappa shape index (κ1) is 22.7. The highest BCUT2D eigenvalue weighted by Gasteiger charge is 2.21. The number of piperazine rings is 1. The molecule has 3 rings (SSSR count). The Kier molecular flexibility index (Phi) is 8.00. The highest BCUT2D eigenvalue weighted by atomic mass is 127. The smallest absolute Gasteiger partial charge is 0.254 e. The molecule has 0 radical (unpaired) electrons. The Hall–Kier alpha value is -2.62. The summed E-state index contributed by atoms with van der Waals surface area (Å²) in [4.78, 5) is 29.8. The number of nitrogens with two attached hydrogens (primary N) is 1. The number of anilines is 1. The highest BCUT2D eigenvalue weighted by Crippen LogP contribution is 2.14. The van der Waals surface area contributed by atoms with Crippen LogP contribution in [0.15, 0.2) is 47.5 Å². The molecule has 2 aromatic rings. The van der Waals surface area contributed by atoms with Crippen LogP contribution < -0.4 is 16.4 Å². The van der Waals surface area contributed by atoms with Crippen molar-refractivity contribution in [2.75, 3.05) is 25.0 Å². The predicted octanol–water partition coefficient (Wildman–Crippen LogP) is 2.42. The van der Waals surface area contributed by atoms with Crippen molar-refractivity contribution >= 4 is 47.4 Å². The molecule has 0 atom stereocenters. The maximum Gasteiger partial charge on any atom is 0.254 e. The SMILES string of the molecule is Cc1ccc(NC(N)=NCc2ccc(C(=O)N3CCNC(=O)C3)cc2)cc1C.I. The van der Waals surface area contributed by atoms with E-state index in [0.29, 0.717) is 31.2 Å². The summed E-state index contributed by atoms with van der Waals surface area (Å²) in [5.74, 6) is 0.0702. The second-order valence-electron chi connectivity index (χ2n) is 6.90. The number of nitrogens with zero attached hydrogens (tertiary/aromatic N) is 2. The number of hydrogen-bond acceptors (Lipinski definition) is 3. The number of halogens is 1. The van der Waals surface area contributed by atoms with Crippen LogP contribution in [0.2, 0.25) is 0 Å². The normalized spacial score (nSPS) is 14.1. The molecule has 1 heterocycles. The zero-order valence-corrected chi connectivity index (χ0v) is 18.9. The predicted molar refractivity (Wildman–Crippen MR) is 126 cm³/mol. The van der Waals surface area contributed by atoms with Gasteiger partial charge in [-0.3, -0.25) is 9.59 Å². The molecule has 1 aliphatic rings.